The molecule has 4 nitrogen and oxygen atoms in total. The molecule has 2 N–H and O–H groups in total. The molecule has 0 spiro atoms. The second-order valence-electron chi connectivity index (χ2n) is 6.59. The number of aromatic nitrogens is 2. The average Bonchev–Trinajstić information content (AvgIpc) is 2.26. The van der Waals surface area contributed by atoms with Crippen molar-refractivity contribution in [2.24, 2.45) is 5.73 Å². The van der Waals surface area contributed by atoms with Gasteiger partial charge in [-0.2, -0.15) is 0 Å². The highest BCUT2D eigenvalue weighted by Crippen LogP contribution is 2.26. The molecule has 0 unspecified atom stereocenters. The van der Waals surface area contributed by atoms with Crippen LogP contribution in [0, 0.1) is 6.92 Å². The normalized spacial score (nSPS) is 18.8. The zero-order chi connectivity index (χ0) is 14.0. The predicted octanol–water partition coefficient (Wildman–Crippen LogP) is 1.87. The van der Waals surface area contributed by atoms with E-state index in [1.807, 2.05) is 20.8 Å². The zero-order valence-corrected chi connectivity index (χ0v) is 12.6. The second-order valence-corrected chi connectivity index (χ2v) is 6.59. The first-order valence-electron chi connectivity index (χ1n) is 7.15. The van der Waals surface area contributed by atoms with Gasteiger partial charge in [0.25, 0.3) is 0 Å². The van der Waals surface area contributed by atoms with Crippen molar-refractivity contribution >= 4 is 0 Å². The number of piperidine rings is 1. The third-order valence-corrected chi connectivity index (χ3v) is 3.67. The molecule has 0 amide bonds. The van der Waals surface area contributed by atoms with Crippen molar-refractivity contribution in [1.82, 2.24) is 14.9 Å². The molecular weight excluding hydrogens is 236 g/mol. The highest BCUT2D eigenvalue weighted by molar-refractivity contribution is 5.16. The Bertz CT molecular complexity index is 428. The van der Waals surface area contributed by atoms with E-state index in [4.69, 9.17) is 10.7 Å². The van der Waals surface area contributed by atoms with Crippen LogP contribution < -0.4 is 5.73 Å². The first-order valence-corrected chi connectivity index (χ1v) is 7.15. The maximum atomic E-state index is 6.08. The first kappa shape index (κ1) is 14.4. The number of nitrogens with two attached hydrogens (primary N) is 1. The number of aryl methyl sites for hydroxylation is 1. The minimum Gasteiger partial charge on any atom is -0.325 e. The van der Waals surface area contributed by atoms with Crippen LogP contribution in [0.2, 0.25) is 0 Å². The van der Waals surface area contributed by atoms with Crippen LogP contribution in [0.3, 0.4) is 0 Å². The summed E-state index contributed by atoms with van der Waals surface area (Å²) >= 11 is 0. The summed E-state index contributed by atoms with van der Waals surface area (Å²) in [6.45, 7) is 8.41. The third-order valence-electron chi connectivity index (χ3n) is 3.67. The molecule has 19 heavy (non-hydrogen) atoms. The zero-order valence-electron chi connectivity index (χ0n) is 12.6. The smallest absolute Gasteiger partial charge is 0.130 e. The maximum Gasteiger partial charge on any atom is 0.130 e. The van der Waals surface area contributed by atoms with E-state index in [2.05, 4.69) is 23.0 Å². The molecule has 0 aliphatic carbocycles. The van der Waals surface area contributed by atoms with Gasteiger partial charge in [0.2, 0.25) is 0 Å². The lowest BCUT2D eigenvalue weighted by molar-refractivity contribution is 0.253. The number of likely N-dealkylation sites (tertiary alicyclic amines) is 1. The molecule has 0 bridgehead atoms. The fourth-order valence-electron chi connectivity index (χ4n) is 2.66. The van der Waals surface area contributed by atoms with Gasteiger partial charge in [0, 0.05) is 29.3 Å². The van der Waals surface area contributed by atoms with Crippen LogP contribution in [0.15, 0.2) is 6.07 Å². The molecule has 106 valence electrons. The molecule has 2 rings (SSSR count). The Morgan fingerprint density at radius 3 is 2.53 bits per heavy atom. The molecule has 1 saturated heterocycles. The molecule has 0 atom stereocenters. The monoisotopic (exact) mass is 262 g/mol. The Hall–Kier alpha value is -1.00. The highest BCUT2D eigenvalue weighted by Gasteiger charge is 2.21. The van der Waals surface area contributed by atoms with E-state index < -0.39 is 0 Å². The van der Waals surface area contributed by atoms with E-state index >= 15 is 0 Å². The van der Waals surface area contributed by atoms with Crippen molar-refractivity contribution in [2.45, 2.75) is 51.5 Å². The van der Waals surface area contributed by atoms with Gasteiger partial charge in [-0.3, -0.25) is 0 Å². The molecule has 0 saturated carbocycles. The lowest BCUT2D eigenvalue weighted by atomic mass is 9.93. The number of hydrogen-bond donors (Lipinski definition) is 1. The first-order chi connectivity index (χ1) is 8.83. The van der Waals surface area contributed by atoms with Gasteiger partial charge in [0.1, 0.15) is 5.82 Å². The Balaban J connectivity index is 2.17. The lowest BCUT2D eigenvalue weighted by Gasteiger charge is -2.29. The average molecular weight is 262 g/mol. The minimum atomic E-state index is -0.252. The molecule has 1 aromatic rings. The molecule has 1 aromatic heterocycles. The third kappa shape index (κ3) is 4.25. The van der Waals surface area contributed by atoms with Gasteiger partial charge in [-0.25, -0.2) is 9.97 Å². The summed E-state index contributed by atoms with van der Waals surface area (Å²) < 4.78 is 0. The Morgan fingerprint density at radius 1 is 1.32 bits per heavy atom. The second kappa shape index (κ2) is 5.55. The summed E-state index contributed by atoms with van der Waals surface area (Å²) in [6, 6.07) is 2.14. The van der Waals surface area contributed by atoms with Gasteiger partial charge < -0.3 is 10.6 Å². The van der Waals surface area contributed by atoms with E-state index in [9.17, 15) is 0 Å². The molecule has 0 aromatic carbocycles. The van der Waals surface area contributed by atoms with E-state index in [1.54, 1.807) is 0 Å². The van der Waals surface area contributed by atoms with Gasteiger partial charge >= 0.3 is 0 Å². The summed E-state index contributed by atoms with van der Waals surface area (Å²) in [6.07, 6.45) is 3.12. The topological polar surface area (TPSA) is 55.0 Å². The maximum absolute atomic E-state index is 6.08. The van der Waals surface area contributed by atoms with Crippen molar-refractivity contribution in [3.05, 3.63) is 23.3 Å². The van der Waals surface area contributed by atoms with Gasteiger partial charge in [0.05, 0.1) is 0 Å². The number of nitrogens with zero attached hydrogens (tertiary/aromatic N) is 3. The highest BCUT2D eigenvalue weighted by atomic mass is 15.1. The van der Waals surface area contributed by atoms with Crippen LogP contribution in [0.4, 0.5) is 0 Å². The van der Waals surface area contributed by atoms with Crippen molar-refractivity contribution in [3.63, 3.8) is 0 Å². The molecule has 4 heteroatoms. The fourth-order valence-corrected chi connectivity index (χ4v) is 2.66. The predicted molar refractivity (Wildman–Crippen MR) is 78.2 cm³/mol. The van der Waals surface area contributed by atoms with Crippen molar-refractivity contribution in [1.29, 1.82) is 0 Å². The largest absolute Gasteiger partial charge is 0.325 e. The minimum absolute atomic E-state index is 0.252. The van der Waals surface area contributed by atoms with Crippen LogP contribution in [0.5, 0.6) is 0 Å². The van der Waals surface area contributed by atoms with Gasteiger partial charge in [0.15, 0.2) is 0 Å². The van der Waals surface area contributed by atoms with Crippen LogP contribution in [0.25, 0.3) is 0 Å². The Morgan fingerprint density at radius 2 is 1.95 bits per heavy atom. The van der Waals surface area contributed by atoms with Crippen molar-refractivity contribution in [3.8, 4) is 0 Å². The molecular formula is C15H26N4. The fraction of sp³-hybridized carbons (Fsp3) is 0.733. The van der Waals surface area contributed by atoms with Gasteiger partial charge in [-0.15, -0.1) is 0 Å². The quantitative estimate of drug-likeness (QED) is 0.903. The summed E-state index contributed by atoms with van der Waals surface area (Å²) in [5.41, 5.74) is 8.09. The van der Waals surface area contributed by atoms with E-state index in [-0.39, 0.29) is 5.54 Å². The number of rotatable bonds is 3. The van der Waals surface area contributed by atoms with E-state index in [0.29, 0.717) is 5.92 Å². The number of hydrogen-bond acceptors (Lipinski definition) is 4. The lowest BCUT2D eigenvalue weighted by Crippen LogP contribution is -2.35. The molecule has 1 aliphatic heterocycles. The van der Waals surface area contributed by atoms with Crippen molar-refractivity contribution < 1.29 is 0 Å². The van der Waals surface area contributed by atoms with Gasteiger partial charge in [-0.05, 0) is 59.8 Å². The van der Waals surface area contributed by atoms with Crippen LogP contribution in [-0.4, -0.2) is 40.5 Å². The Labute approximate surface area is 116 Å². The molecule has 1 aliphatic rings. The standard InChI is InChI=1S/C15H26N4/c1-11-9-13(12-5-7-19(4)8-6-12)18-14(17-11)10-15(2,3)16/h9,12H,5-8,10,16H2,1-4H3. The van der Waals surface area contributed by atoms with E-state index in [0.717, 1.165) is 31.0 Å². The van der Waals surface area contributed by atoms with Crippen LogP contribution in [0.1, 0.15) is 49.8 Å². The van der Waals surface area contributed by atoms with Crippen molar-refractivity contribution in [2.75, 3.05) is 20.1 Å². The SMILES string of the molecule is Cc1cc(C2CCN(C)CC2)nc(CC(C)(C)N)n1. The molecule has 2 heterocycles. The summed E-state index contributed by atoms with van der Waals surface area (Å²) in [5, 5.41) is 0. The van der Waals surface area contributed by atoms with Crippen LogP contribution in [-0.2, 0) is 6.42 Å². The summed E-state index contributed by atoms with van der Waals surface area (Å²) in [5.74, 6) is 1.47. The summed E-state index contributed by atoms with van der Waals surface area (Å²) in [4.78, 5) is 11.7. The summed E-state index contributed by atoms with van der Waals surface area (Å²) in [7, 11) is 2.18. The molecule has 1 fully saturated rings. The van der Waals surface area contributed by atoms with Gasteiger partial charge in [-0.1, -0.05) is 0 Å². The van der Waals surface area contributed by atoms with Crippen LogP contribution >= 0.6 is 0 Å². The Kier molecular flexibility index (Phi) is 4.21. The van der Waals surface area contributed by atoms with E-state index in [1.165, 1.54) is 18.5 Å². The molecule has 0 radical (unpaired) electrons.